The van der Waals surface area contributed by atoms with Crippen molar-refractivity contribution >= 4 is 17.5 Å². The molecule has 1 amide bonds. The summed E-state index contributed by atoms with van der Waals surface area (Å²) in [5, 5.41) is 10.9. The lowest BCUT2D eigenvalue weighted by molar-refractivity contribution is -0.119. The molecule has 1 aliphatic heterocycles. The lowest BCUT2D eigenvalue weighted by Gasteiger charge is -2.33. The van der Waals surface area contributed by atoms with E-state index < -0.39 is 6.10 Å². The van der Waals surface area contributed by atoms with Crippen molar-refractivity contribution in [1.29, 1.82) is 0 Å². The first-order valence-electron chi connectivity index (χ1n) is 6.99. The molecule has 1 fully saturated rings. The number of amides is 1. The minimum atomic E-state index is -0.555. The van der Waals surface area contributed by atoms with Gasteiger partial charge in [-0.25, -0.2) is 0 Å². The van der Waals surface area contributed by atoms with Gasteiger partial charge in [0, 0.05) is 24.5 Å². The molecule has 1 heterocycles. The summed E-state index contributed by atoms with van der Waals surface area (Å²) in [6.45, 7) is 2.34. The van der Waals surface area contributed by atoms with Gasteiger partial charge in [0.05, 0.1) is 6.10 Å². The van der Waals surface area contributed by atoms with Crippen LogP contribution in [0.2, 0.25) is 5.02 Å². The summed E-state index contributed by atoms with van der Waals surface area (Å²) in [4.78, 5) is 13.2. The monoisotopic (exact) mass is 296 g/mol. The molecular formula is C15H21ClN2O2. The molecule has 0 aliphatic carbocycles. The predicted molar refractivity (Wildman–Crippen MR) is 79.4 cm³/mol. The maximum absolute atomic E-state index is 11.0. The number of benzene rings is 1. The van der Waals surface area contributed by atoms with Gasteiger partial charge >= 0.3 is 0 Å². The van der Waals surface area contributed by atoms with Crippen LogP contribution in [0.4, 0.5) is 0 Å². The number of hydrogen-bond acceptors (Lipinski definition) is 3. The molecule has 0 radical (unpaired) electrons. The molecule has 0 saturated carbocycles. The third-order valence-electron chi connectivity index (χ3n) is 3.76. The van der Waals surface area contributed by atoms with Crippen LogP contribution in [-0.4, -0.2) is 35.5 Å². The van der Waals surface area contributed by atoms with E-state index in [4.69, 9.17) is 17.3 Å². The quantitative estimate of drug-likeness (QED) is 0.873. The van der Waals surface area contributed by atoms with Gasteiger partial charge in [0.25, 0.3) is 0 Å². The number of primary amides is 1. The van der Waals surface area contributed by atoms with Gasteiger partial charge in [-0.15, -0.1) is 0 Å². The Balaban J connectivity index is 1.90. The van der Waals surface area contributed by atoms with Crippen molar-refractivity contribution in [2.75, 3.05) is 19.6 Å². The Morgan fingerprint density at radius 3 is 3.05 bits per heavy atom. The van der Waals surface area contributed by atoms with Gasteiger partial charge in [0.1, 0.15) is 0 Å². The van der Waals surface area contributed by atoms with E-state index in [0.717, 1.165) is 31.5 Å². The van der Waals surface area contributed by atoms with Gasteiger partial charge in [0.15, 0.2) is 0 Å². The van der Waals surface area contributed by atoms with E-state index >= 15 is 0 Å². The Labute approximate surface area is 124 Å². The van der Waals surface area contributed by atoms with E-state index in [1.165, 1.54) is 0 Å². The Morgan fingerprint density at radius 2 is 2.35 bits per heavy atom. The van der Waals surface area contributed by atoms with Crippen molar-refractivity contribution in [3.8, 4) is 0 Å². The summed E-state index contributed by atoms with van der Waals surface area (Å²) in [5.41, 5.74) is 6.08. The van der Waals surface area contributed by atoms with E-state index in [1.54, 1.807) is 12.1 Å². The number of aliphatic hydroxyl groups is 1. The molecule has 0 spiro atoms. The van der Waals surface area contributed by atoms with Gasteiger partial charge in [-0.1, -0.05) is 23.7 Å². The molecule has 4 nitrogen and oxygen atoms in total. The second kappa shape index (κ2) is 7.07. The van der Waals surface area contributed by atoms with Crippen molar-refractivity contribution in [3.05, 3.63) is 34.9 Å². The van der Waals surface area contributed by atoms with Crippen LogP contribution >= 0.6 is 11.6 Å². The van der Waals surface area contributed by atoms with Gasteiger partial charge in [-0.2, -0.15) is 0 Å². The SMILES string of the molecule is NC(=O)CC1CCCN(CC(O)c2cccc(Cl)c2)C1. The normalized spacial score (nSPS) is 21.6. The zero-order chi connectivity index (χ0) is 14.5. The molecular weight excluding hydrogens is 276 g/mol. The van der Waals surface area contributed by atoms with Gasteiger partial charge < -0.3 is 15.7 Å². The number of piperidine rings is 1. The number of carbonyl (C=O) groups is 1. The fourth-order valence-electron chi connectivity index (χ4n) is 2.83. The largest absolute Gasteiger partial charge is 0.387 e. The molecule has 2 atom stereocenters. The number of nitrogens with zero attached hydrogens (tertiary/aromatic N) is 1. The van der Waals surface area contributed by atoms with Crippen LogP contribution in [-0.2, 0) is 4.79 Å². The van der Waals surface area contributed by atoms with Crippen molar-refractivity contribution < 1.29 is 9.90 Å². The van der Waals surface area contributed by atoms with E-state index in [9.17, 15) is 9.90 Å². The summed E-state index contributed by atoms with van der Waals surface area (Å²) >= 11 is 5.94. The van der Waals surface area contributed by atoms with Crippen molar-refractivity contribution in [2.24, 2.45) is 11.7 Å². The molecule has 1 aromatic rings. The molecule has 1 aliphatic rings. The van der Waals surface area contributed by atoms with E-state index in [1.807, 2.05) is 12.1 Å². The molecule has 1 saturated heterocycles. The average molecular weight is 297 g/mol. The highest BCUT2D eigenvalue weighted by Gasteiger charge is 2.23. The molecule has 1 aromatic carbocycles. The zero-order valence-electron chi connectivity index (χ0n) is 11.5. The number of nitrogens with two attached hydrogens (primary N) is 1. The number of carbonyl (C=O) groups excluding carboxylic acids is 1. The lowest BCUT2D eigenvalue weighted by Crippen LogP contribution is -2.39. The highest BCUT2D eigenvalue weighted by atomic mass is 35.5. The summed E-state index contributed by atoms with van der Waals surface area (Å²) in [6.07, 6.45) is 1.96. The Hall–Kier alpha value is -1.10. The topological polar surface area (TPSA) is 66.6 Å². The van der Waals surface area contributed by atoms with Gasteiger partial charge in [0.2, 0.25) is 5.91 Å². The number of β-amino-alcohol motifs (C(OH)–C–C–N with tert-alkyl or cyclic N) is 1. The molecule has 5 heteroatoms. The third kappa shape index (κ3) is 4.47. The highest BCUT2D eigenvalue weighted by molar-refractivity contribution is 6.30. The molecule has 0 aromatic heterocycles. The van der Waals surface area contributed by atoms with Crippen molar-refractivity contribution in [2.45, 2.75) is 25.4 Å². The highest BCUT2D eigenvalue weighted by Crippen LogP contribution is 2.23. The summed E-state index contributed by atoms with van der Waals surface area (Å²) in [7, 11) is 0. The Kier molecular flexibility index (Phi) is 5.40. The molecule has 110 valence electrons. The third-order valence-corrected chi connectivity index (χ3v) is 3.99. The van der Waals surface area contributed by atoms with E-state index in [-0.39, 0.29) is 5.91 Å². The summed E-state index contributed by atoms with van der Waals surface area (Å²) in [5.74, 6) is 0.0695. The molecule has 2 unspecified atom stereocenters. The van der Waals surface area contributed by atoms with Crippen LogP contribution in [0.5, 0.6) is 0 Å². The minimum Gasteiger partial charge on any atom is -0.387 e. The molecule has 2 rings (SSSR count). The van der Waals surface area contributed by atoms with Crippen LogP contribution in [0.3, 0.4) is 0 Å². The van der Waals surface area contributed by atoms with E-state index in [0.29, 0.717) is 23.9 Å². The number of aliphatic hydroxyl groups excluding tert-OH is 1. The first-order valence-corrected chi connectivity index (χ1v) is 7.36. The standard InChI is InChI=1S/C15H21ClN2O2/c16-13-5-1-4-12(8-13)14(19)10-18-6-2-3-11(9-18)7-15(17)20/h1,4-5,8,11,14,19H,2-3,6-7,9-10H2,(H2,17,20). The fourth-order valence-corrected chi connectivity index (χ4v) is 3.03. The zero-order valence-corrected chi connectivity index (χ0v) is 12.2. The lowest BCUT2D eigenvalue weighted by atomic mass is 9.94. The smallest absolute Gasteiger partial charge is 0.217 e. The second-order valence-corrected chi connectivity index (χ2v) is 5.95. The minimum absolute atomic E-state index is 0.243. The molecule has 0 bridgehead atoms. The fraction of sp³-hybridized carbons (Fsp3) is 0.533. The van der Waals surface area contributed by atoms with E-state index in [2.05, 4.69) is 4.90 Å². The summed E-state index contributed by atoms with van der Waals surface area (Å²) < 4.78 is 0. The Bertz CT molecular complexity index is 467. The van der Waals surface area contributed by atoms with Gasteiger partial charge in [-0.3, -0.25) is 4.79 Å². The Morgan fingerprint density at radius 1 is 1.55 bits per heavy atom. The summed E-state index contributed by atoms with van der Waals surface area (Å²) in [6, 6.07) is 7.30. The molecule has 3 N–H and O–H groups in total. The molecule has 20 heavy (non-hydrogen) atoms. The van der Waals surface area contributed by atoms with Crippen LogP contribution in [0, 0.1) is 5.92 Å². The van der Waals surface area contributed by atoms with Crippen LogP contribution in [0.15, 0.2) is 24.3 Å². The number of halogens is 1. The predicted octanol–water partition coefficient (Wildman–Crippen LogP) is 1.96. The second-order valence-electron chi connectivity index (χ2n) is 5.51. The average Bonchev–Trinajstić information content (AvgIpc) is 2.38. The first-order chi connectivity index (χ1) is 9.54. The van der Waals surface area contributed by atoms with Crippen molar-refractivity contribution in [3.63, 3.8) is 0 Å². The first kappa shape index (κ1) is 15.3. The maximum atomic E-state index is 11.0. The number of rotatable bonds is 5. The van der Waals surface area contributed by atoms with Gasteiger partial charge in [-0.05, 0) is 43.0 Å². The van der Waals surface area contributed by atoms with Crippen LogP contribution in [0.1, 0.15) is 30.9 Å². The number of likely N-dealkylation sites (tertiary alicyclic amines) is 1. The number of hydrogen-bond donors (Lipinski definition) is 2. The van der Waals surface area contributed by atoms with Crippen LogP contribution < -0.4 is 5.73 Å². The maximum Gasteiger partial charge on any atom is 0.217 e. The van der Waals surface area contributed by atoms with Crippen LogP contribution in [0.25, 0.3) is 0 Å². The van der Waals surface area contributed by atoms with Crippen molar-refractivity contribution in [1.82, 2.24) is 4.90 Å².